The second-order valence-electron chi connectivity index (χ2n) is 5.85. The molecule has 9 nitrogen and oxygen atoms in total. The molecule has 2 aromatic carbocycles. The fraction of sp³-hybridized carbons (Fsp3) is 0.263. The molecule has 2 N–H and O–H groups in total. The molecule has 0 spiro atoms. The van der Waals surface area contributed by atoms with E-state index in [1.807, 2.05) is 0 Å². The molecule has 0 aliphatic heterocycles. The van der Waals surface area contributed by atoms with Crippen LogP contribution in [-0.4, -0.2) is 37.1 Å². The van der Waals surface area contributed by atoms with Crippen molar-refractivity contribution in [2.75, 3.05) is 19.5 Å². The Kier molecular flexibility index (Phi) is 6.91. The normalized spacial score (nSPS) is 11.2. The number of hydrogen-bond donors (Lipinski definition) is 2. The standard InChI is InChI=1S/C19H21N3O6/c1-12(18(23)21-11-13-4-7-15(27-3)8-5-13)28-19(24)16-10-14(22(25)26)6-9-17(16)20-2/h4-10,12,20H,11H2,1-3H3,(H,21,23)/t12-/m1/s1. The SMILES string of the molecule is CNc1ccc([N+](=O)[O-])cc1C(=O)O[C@H](C)C(=O)NCc1ccc(OC)cc1. The largest absolute Gasteiger partial charge is 0.497 e. The predicted octanol–water partition coefficient (Wildman–Crippen LogP) is 2.51. The molecule has 9 heteroatoms. The van der Waals surface area contributed by atoms with Crippen LogP contribution in [0.3, 0.4) is 0 Å². The molecule has 0 radical (unpaired) electrons. The zero-order chi connectivity index (χ0) is 20.7. The van der Waals surface area contributed by atoms with Gasteiger partial charge in [0.1, 0.15) is 5.75 Å². The summed E-state index contributed by atoms with van der Waals surface area (Å²) in [5.74, 6) is -0.615. The topological polar surface area (TPSA) is 120 Å². The lowest BCUT2D eigenvalue weighted by Gasteiger charge is -2.15. The van der Waals surface area contributed by atoms with Gasteiger partial charge in [-0.1, -0.05) is 12.1 Å². The molecule has 0 aliphatic rings. The van der Waals surface area contributed by atoms with E-state index in [0.717, 1.165) is 11.6 Å². The number of rotatable bonds is 8. The van der Waals surface area contributed by atoms with Gasteiger partial charge in [-0.15, -0.1) is 0 Å². The molecule has 1 atom stereocenters. The number of nitrogens with one attached hydrogen (secondary N) is 2. The highest BCUT2D eigenvalue weighted by molar-refractivity contribution is 5.98. The van der Waals surface area contributed by atoms with Gasteiger partial charge in [-0.25, -0.2) is 4.79 Å². The lowest BCUT2D eigenvalue weighted by molar-refractivity contribution is -0.384. The molecule has 0 aromatic heterocycles. The van der Waals surface area contributed by atoms with Gasteiger partial charge in [-0.05, 0) is 30.7 Å². The molecular weight excluding hydrogens is 366 g/mol. The van der Waals surface area contributed by atoms with Crippen molar-refractivity contribution in [2.24, 2.45) is 0 Å². The molecule has 0 saturated heterocycles. The van der Waals surface area contributed by atoms with Gasteiger partial charge in [0.25, 0.3) is 11.6 Å². The number of amides is 1. The van der Waals surface area contributed by atoms with Crippen LogP contribution in [0.5, 0.6) is 5.75 Å². The van der Waals surface area contributed by atoms with E-state index in [9.17, 15) is 19.7 Å². The Bertz CT molecular complexity index is 866. The Labute approximate surface area is 161 Å². The van der Waals surface area contributed by atoms with E-state index in [1.54, 1.807) is 38.4 Å². The van der Waals surface area contributed by atoms with Crippen LogP contribution in [0.2, 0.25) is 0 Å². The Balaban J connectivity index is 1.99. The third-order valence-corrected chi connectivity index (χ3v) is 3.98. The lowest BCUT2D eigenvalue weighted by atomic mass is 10.1. The molecule has 1 amide bonds. The highest BCUT2D eigenvalue weighted by Gasteiger charge is 2.22. The molecule has 0 saturated carbocycles. The minimum absolute atomic E-state index is 0.0218. The summed E-state index contributed by atoms with van der Waals surface area (Å²) in [5, 5.41) is 16.4. The van der Waals surface area contributed by atoms with Crippen molar-refractivity contribution in [1.29, 1.82) is 0 Å². The van der Waals surface area contributed by atoms with E-state index >= 15 is 0 Å². The van der Waals surface area contributed by atoms with Crippen molar-refractivity contribution >= 4 is 23.3 Å². The average Bonchev–Trinajstić information content (AvgIpc) is 2.71. The number of benzene rings is 2. The monoisotopic (exact) mass is 387 g/mol. The number of anilines is 1. The van der Waals surface area contributed by atoms with Crippen LogP contribution >= 0.6 is 0 Å². The van der Waals surface area contributed by atoms with Gasteiger partial charge in [0.15, 0.2) is 6.10 Å². The van der Waals surface area contributed by atoms with Gasteiger partial charge in [-0.3, -0.25) is 14.9 Å². The van der Waals surface area contributed by atoms with Gasteiger partial charge in [0.2, 0.25) is 0 Å². The second-order valence-corrected chi connectivity index (χ2v) is 5.85. The first-order valence-electron chi connectivity index (χ1n) is 8.43. The van der Waals surface area contributed by atoms with Crippen molar-refractivity contribution in [3.05, 3.63) is 63.7 Å². The van der Waals surface area contributed by atoms with E-state index in [-0.39, 0.29) is 17.8 Å². The molecule has 0 aliphatic carbocycles. The van der Waals surface area contributed by atoms with Gasteiger partial charge >= 0.3 is 5.97 Å². The Morgan fingerprint density at radius 3 is 2.43 bits per heavy atom. The van der Waals surface area contributed by atoms with Crippen LogP contribution in [0.4, 0.5) is 11.4 Å². The summed E-state index contributed by atoms with van der Waals surface area (Å²) in [6.07, 6.45) is -1.07. The quantitative estimate of drug-likeness (QED) is 0.406. The maximum absolute atomic E-state index is 12.4. The highest BCUT2D eigenvalue weighted by Crippen LogP contribution is 2.23. The van der Waals surface area contributed by atoms with Gasteiger partial charge in [0.05, 0.1) is 17.6 Å². The Morgan fingerprint density at radius 2 is 1.86 bits per heavy atom. The first kappa shape index (κ1) is 20.7. The maximum Gasteiger partial charge on any atom is 0.341 e. The average molecular weight is 387 g/mol. The third-order valence-electron chi connectivity index (χ3n) is 3.98. The molecule has 148 valence electrons. The number of carbonyl (C=O) groups is 2. The summed E-state index contributed by atoms with van der Waals surface area (Å²) in [6.45, 7) is 1.68. The molecule has 2 aromatic rings. The van der Waals surface area contributed by atoms with Gasteiger partial charge in [0, 0.05) is 31.4 Å². The molecule has 0 fully saturated rings. The first-order valence-corrected chi connectivity index (χ1v) is 8.43. The number of hydrogen-bond acceptors (Lipinski definition) is 7. The summed E-state index contributed by atoms with van der Waals surface area (Å²) in [5.41, 5.74) is 0.944. The fourth-order valence-corrected chi connectivity index (χ4v) is 2.39. The Morgan fingerprint density at radius 1 is 1.18 bits per heavy atom. The highest BCUT2D eigenvalue weighted by atomic mass is 16.6. The fourth-order valence-electron chi connectivity index (χ4n) is 2.39. The zero-order valence-corrected chi connectivity index (χ0v) is 15.7. The molecule has 0 heterocycles. The summed E-state index contributed by atoms with van der Waals surface area (Å²) < 4.78 is 10.2. The van der Waals surface area contributed by atoms with Crippen LogP contribution in [0.25, 0.3) is 0 Å². The maximum atomic E-state index is 12.4. The van der Waals surface area contributed by atoms with Crippen molar-refractivity contribution in [3.63, 3.8) is 0 Å². The summed E-state index contributed by atoms with van der Waals surface area (Å²) in [7, 11) is 3.14. The first-order chi connectivity index (χ1) is 13.3. The smallest absolute Gasteiger partial charge is 0.341 e. The van der Waals surface area contributed by atoms with Crippen LogP contribution in [-0.2, 0) is 16.1 Å². The van der Waals surface area contributed by atoms with E-state index < -0.39 is 22.9 Å². The molecule has 2 rings (SSSR count). The number of nitrogens with zero attached hydrogens (tertiary/aromatic N) is 1. The predicted molar refractivity (Wildman–Crippen MR) is 102 cm³/mol. The number of ether oxygens (including phenoxy) is 2. The summed E-state index contributed by atoms with van der Waals surface area (Å²) in [4.78, 5) is 34.9. The summed E-state index contributed by atoms with van der Waals surface area (Å²) >= 11 is 0. The second kappa shape index (κ2) is 9.36. The van der Waals surface area contributed by atoms with Crippen molar-refractivity contribution in [2.45, 2.75) is 19.6 Å². The van der Waals surface area contributed by atoms with Crippen LogP contribution < -0.4 is 15.4 Å². The van der Waals surface area contributed by atoms with E-state index in [2.05, 4.69) is 10.6 Å². The minimum atomic E-state index is -1.07. The molecule has 28 heavy (non-hydrogen) atoms. The van der Waals surface area contributed by atoms with Crippen LogP contribution in [0, 0.1) is 10.1 Å². The number of nitro groups is 1. The zero-order valence-electron chi connectivity index (χ0n) is 15.7. The van der Waals surface area contributed by atoms with Gasteiger partial charge < -0.3 is 20.1 Å². The molecule has 0 unspecified atom stereocenters. The van der Waals surface area contributed by atoms with Crippen molar-refractivity contribution in [1.82, 2.24) is 5.32 Å². The number of non-ortho nitro benzene ring substituents is 1. The van der Waals surface area contributed by atoms with Crippen molar-refractivity contribution < 1.29 is 24.0 Å². The number of carbonyl (C=O) groups excluding carboxylic acids is 2. The molecule has 0 bridgehead atoms. The van der Waals surface area contributed by atoms with Crippen molar-refractivity contribution in [3.8, 4) is 5.75 Å². The Hall–Kier alpha value is -3.62. The van der Waals surface area contributed by atoms with E-state index in [1.165, 1.54) is 19.1 Å². The van der Waals surface area contributed by atoms with Crippen LogP contribution in [0.15, 0.2) is 42.5 Å². The van der Waals surface area contributed by atoms with Gasteiger partial charge in [-0.2, -0.15) is 0 Å². The number of methoxy groups -OCH3 is 1. The third kappa shape index (κ3) is 5.19. The minimum Gasteiger partial charge on any atom is -0.497 e. The molecular formula is C19H21N3O6. The van der Waals surface area contributed by atoms with Crippen LogP contribution in [0.1, 0.15) is 22.8 Å². The van der Waals surface area contributed by atoms with E-state index in [4.69, 9.17) is 9.47 Å². The number of esters is 1. The number of nitro benzene ring substituents is 1. The van der Waals surface area contributed by atoms with E-state index in [0.29, 0.717) is 11.4 Å². The summed E-state index contributed by atoms with van der Waals surface area (Å²) in [6, 6.07) is 10.9. The lowest BCUT2D eigenvalue weighted by Crippen LogP contribution is -2.35.